The molecule has 0 spiro atoms. The number of nitrogens with zero attached hydrogens (tertiary/aromatic N) is 2. The molecule has 1 atom stereocenters. The second-order valence-electron chi connectivity index (χ2n) is 7.72. The number of hydrogen-bond donors (Lipinski definition) is 0. The first kappa shape index (κ1) is 17.1. The number of likely N-dealkylation sites (N-methyl/N-ethyl adjacent to an activating group) is 1. The molecule has 2 nitrogen and oxygen atoms in total. The van der Waals surface area contributed by atoms with Crippen LogP contribution in [0.3, 0.4) is 0 Å². The lowest BCUT2D eigenvalue weighted by Gasteiger charge is -2.38. The fourth-order valence-corrected chi connectivity index (χ4v) is 5.06. The minimum absolute atomic E-state index is 0.499. The molecule has 1 fully saturated rings. The van der Waals surface area contributed by atoms with E-state index in [0.29, 0.717) is 12.0 Å². The molecule has 2 heterocycles. The Bertz CT molecular complexity index is 747. The molecule has 0 bridgehead atoms. The summed E-state index contributed by atoms with van der Waals surface area (Å²) in [6.45, 7) is 9.27. The van der Waals surface area contributed by atoms with E-state index in [4.69, 9.17) is 0 Å². The average Bonchev–Trinajstić information content (AvgIpc) is 2.78. The summed E-state index contributed by atoms with van der Waals surface area (Å²) in [6, 6.07) is 16.6. The van der Waals surface area contributed by atoms with E-state index < -0.39 is 0 Å². The number of fused-ring (bicyclic) bond motifs is 2. The van der Waals surface area contributed by atoms with Gasteiger partial charge < -0.3 is 4.90 Å². The number of rotatable bonds is 2. The van der Waals surface area contributed by atoms with Crippen LogP contribution in [-0.2, 0) is 6.42 Å². The Morgan fingerprint density at radius 2 is 1.72 bits per heavy atom. The van der Waals surface area contributed by atoms with Gasteiger partial charge in [-0.25, -0.2) is 0 Å². The normalized spacial score (nSPS) is 21.7. The Morgan fingerprint density at radius 3 is 2.48 bits per heavy atom. The molecule has 0 radical (unpaired) electrons. The summed E-state index contributed by atoms with van der Waals surface area (Å²) in [6.07, 6.45) is 1.13. The van der Waals surface area contributed by atoms with E-state index in [1.165, 1.54) is 52.7 Å². The molecule has 0 N–H and O–H groups in total. The summed E-state index contributed by atoms with van der Waals surface area (Å²) in [5, 5.41) is 0. The highest BCUT2D eigenvalue weighted by Crippen LogP contribution is 2.43. The molecule has 2 aliphatic rings. The molecule has 0 aliphatic carbocycles. The third-order valence-corrected chi connectivity index (χ3v) is 6.85. The highest BCUT2D eigenvalue weighted by Gasteiger charge is 2.29. The second kappa shape index (κ2) is 7.14. The molecular formula is C22H28N2S. The van der Waals surface area contributed by atoms with Crippen molar-refractivity contribution in [2.75, 3.05) is 33.2 Å². The van der Waals surface area contributed by atoms with Crippen LogP contribution in [0.1, 0.15) is 42.5 Å². The van der Waals surface area contributed by atoms with Crippen molar-refractivity contribution in [3.63, 3.8) is 0 Å². The van der Waals surface area contributed by atoms with Crippen molar-refractivity contribution in [2.45, 2.75) is 42.0 Å². The number of hydrogen-bond acceptors (Lipinski definition) is 3. The van der Waals surface area contributed by atoms with Gasteiger partial charge >= 0.3 is 0 Å². The van der Waals surface area contributed by atoms with Crippen molar-refractivity contribution >= 4 is 11.8 Å². The van der Waals surface area contributed by atoms with Crippen molar-refractivity contribution in [1.82, 2.24) is 9.80 Å². The lowest BCUT2D eigenvalue weighted by molar-refractivity contribution is 0.110. The molecule has 3 heteroatoms. The van der Waals surface area contributed by atoms with E-state index >= 15 is 0 Å². The molecule has 2 aliphatic heterocycles. The van der Waals surface area contributed by atoms with Gasteiger partial charge in [0.05, 0.1) is 0 Å². The first-order valence-corrected chi connectivity index (χ1v) is 10.3. The van der Waals surface area contributed by atoms with Crippen molar-refractivity contribution < 1.29 is 0 Å². The Labute approximate surface area is 156 Å². The minimum atomic E-state index is 0.499. The fraction of sp³-hybridized carbons (Fsp3) is 0.455. The van der Waals surface area contributed by atoms with E-state index in [1.54, 1.807) is 0 Å². The summed E-state index contributed by atoms with van der Waals surface area (Å²) in [4.78, 5) is 8.03. The summed E-state index contributed by atoms with van der Waals surface area (Å²) in [5.74, 6) is 0.578. The maximum atomic E-state index is 2.71. The largest absolute Gasteiger partial charge is 0.304 e. The zero-order valence-corrected chi connectivity index (χ0v) is 16.4. The Balaban J connectivity index is 1.77. The van der Waals surface area contributed by atoms with Crippen LogP contribution in [0, 0.1) is 0 Å². The zero-order chi connectivity index (χ0) is 17.4. The standard InChI is InChI=1S/C22H28N2S/c1-16(2)17-8-9-22-19(14-17)20(24-12-10-23(3)11-13-24)15-18-6-4-5-7-21(18)25-22/h4-9,14,16,20H,10-13,15H2,1-3H3. The van der Waals surface area contributed by atoms with Crippen molar-refractivity contribution in [2.24, 2.45) is 0 Å². The van der Waals surface area contributed by atoms with Crippen molar-refractivity contribution in [3.05, 3.63) is 59.2 Å². The Hall–Kier alpha value is -1.29. The van der Waals surface area contributed by atoms with Crippen LogP contribution in [0.25, 0.3) is 0 Å². The third-order valence-electron chi connectivity index (χ3n) is 5.64. The lowest BCUT2D eigenvalue weighted by atomic mass is 9.93. The van der Waals surface area contributed by atoms with Gasteiger partial charge in [0.25, 0.3) is 0 Å². The van der Waals surface area contributed by atoms with Crippen LogP contribution in [-0.4, -0.2) is 43.0 Å². The van der Waals surface area contributed by atoms with Crippen LogP contribution < -0.4 is 0 Å². The van der Waals surface area contributed by atoms with Crippen LogP contribution in [0.2, 0.25) is 0 Å². The molecule has 0 amide bonds. The first-order chi connectivity index (χ1) is 12.1. The summed E-state index contributed by atoms with van der Waals surface area (Å²) in [7, 11) is 2.24. The van der Waals surface area contributed by atoms with Crippen LogP contribution >= 0.6 is 11.8 Å². The SMILES string of the molecule is CC(C)c1ccc2c(c1)C(N1CCN(C)CC1)Cc1ccccc1S2. The van der Waals surface area contributed by atoms with Gasteiger partial charge in [0.1, 0.15) is 0 Å². The summed E-state index contributed by atoms with van der Waals surface area (Å²) < 4.78 is 0. The van der Waals surface area contributed by atoms with Crippen molar-refractivity contribution in [3.8, 4) is 0 Å². The van der Waals surface area contributed by atoms with Gasteiger partial charge in [-0.15, -0.1) is 0 Å². The van der Waals surface area contributed by atoms with Crippen LogP contribution in [0.5, 0.6) is 0 Å². The third kappa shape index (κ3) is 3.51. The van der Waals surface area contributed by atoms with Crippen molar-refractivity contribution in [1.29, 1.82) is 0 Å². The average molecular weight is 353 g/mol. The highest BCUT2D eigenvalue weighted by atomic mass is 32.2. The number of piperazine rings is 1. The smallest absolute Gasteiger partial charge is 0.0401 e. The second-order valence-corrected chi connectivity index (χ2v) is 8.80. The van der Waals surface area contributed by atoms with Gasteiger partial charge in [-0.1, -0.05) is 55.9 Å². The Kier molecular flexibility index (Phi) is 4.90. The van der Waals surface area contributed by atoms with E-state index in [1.807, 2.05) is 11.8 Å². The van der Waals surface area contributed by atoms with E-state index in [0.717, 1.165) is 6.42 Å². The molecule has 2 aromatic rings. The van der Waals surface area contributed by atoms with E-state index in [9.17, 15) is 0 Å². The van der Waals surface area contributed by atoms with E-state index in [-0.39, 0.29) is 0 Å². The predicted octanol–water partition coefficient (Wildman–Crippen LogP) is 4.81. The summed E-state index contributed by atoms with van der Waals surface area (Å²) in [5.41, 5.74) is 4.50. The van der Waals surface area contributed by atoms with Crippen LogP contribution in [0.4, 0.5) is 0 Å². The van der Waals surface area contributed by atoms with Gasteiger partial charge in [0.15, 0.2) is 0 Å². The zero-order valence-electron chi connectivity index (χ0n) is 15.5. The fourth-order valence-electron chi connectivity index (χ4n) is 3.95. The quantitative estimate of drug-likeness (QED) is 0.766. The summed E-state index contributed by atoms with van der Waals surface area (Å²) >= 11 is 1.95. The van der Waals surface area contributed by atoms with Crippen LogP contribution in [0.15, 0.2) is 52.3 Å². The molecule has 0 aromatic heterocycles. The molecule has 132 valence electrons. The highest BCUT2D eigenvalue weighted by molar-refractivity contribution is 7.99. The maximum Gasteiger partial charge on any atom is 0.0401 e. The molecule has 1 saturated heterocycles. The molecule has 25 heavy (non-hydrogen) atoms. The van der Waals surface area contributed by atoms with Gasteiger partial charge in [-0.2, -0.15) is 0 Å². The molecule has 0 saturated carbocycles. The van der Waals surface area contributed by atoms with Gasteiger partial charge in [0.2, 0.25) is 0 Å². The molecular weight excluding hydrogens is 324 g/mol. The Morgan fingerprint density at radius 1 is 0.960 bits per heavy atom. The van der Waals surface area contributed by atoms with E-state index in [2.05, 4.69) is 73.2 Å². The molecule has 4 rings (SSSR count). The van der Waals surface area contributed by atoms with Gasteiger partial charge in [0, 0.05) is 42.0 Å². The van der Waals surface area contributed by atoms with Gasteiger partial charge in [-0.05, 0) is 48.2 Å². The topological polar surface area (TPSA) is 6.48 Å². The minimum Gasteiger partial charge on any atom is -0.304 e. The molecule has 1 unspecified atom stereocenters. The lowest BCUT2D eigenvalue weighted by Crippen LogP contribution is -2.46. The first-order valence-electron chi connectivity index (χ1n) is 9.44. The number of benzene rings is 2. The molecule has 2 aromatic carbocycles. The maximum absolute atomic E-state index is 2.71. The predicted molar refractivity (Wildman–Crippen MR) is 107 cm³/mol. The van der Waals surface area contributed by atoms with Gasteiger partial charge in [-0.3, -0.25) is 4.90 Å². The monoisotopic (exact) mass is 352 g/mol.